The maximum atomic E-state index is 12.4. The lowest BCUT2D eigenvalue weighted by molar-refractivity contribution is 0.0896. The molecule has 1 aromatic carbocycles. The number of benzene rings is 1. The molecule has 23 heavy (non-hydrogen) atoms. The van der Waals surface area contributed by atoms with E-state index in [1.165, 1.54) is 0 Å². The Morgan fingerprint density at radius 2 is 2.17 bits per heavy atom. The lowest BCUT2D eigenvalue weighted by Gasteiger charge is -2.39. The zero-order valence-electron chi connectivity index (χ0n) is 13.4. The molecule has 2 N–H and O–H groups in total. The summed E-state index contributed by atoms with van der Waals surface area (Å²) in [7, 11) is 0. The van der Waals surface area contributed by atoms with Gasteiger partial charge in [-0.3, -0.25) is 4.90 Å². The third kappa shape index (κ3) is 3.71. The molecule has 0 bridgehead atoms. The molecule has 1 atom stereocenters. The Balaban J connectivity index is 1.60. The van der Waals surface area contributed by atoms with E-state index in [0.29, 0.717) is 13.1 Å². The highest BCUT2D eigenvalue weighted by Crippen LogP contribution is 2.22. The number of aromatic nitrogens is 2. The first-order valence-corrected chi connectivity index (χ1v) is 8.08. The molecule has 1 saturated heterocycles. The van der Waals surface area contributed by atoms with Crippen LogP contribution >= 0.6 is 0 Å². The van der Waals surface area contributed by atoms with Crippen LogP contribution in [0.25, 0.3) is 0 Å². The van der Waals surface area contributed by atoms with Crippen molar-refractivity contribution in [1.82, 2.24) is 25.1 Å². The van der Waals surface area contributed by atoms with Crippen LogP contribution in [0, 0.1) is 0 Å². The van der Waals surface area contributed by atoms with Gasteiger partial charge in [-0.1, -0.05) is 37.3 Å². The molecule has 3 rings (SSSR count). The SMILES string of the molecule is CCN1CCN(C(=O)NCc2ccccc2)CC1c1ncc[nH]1. The van der Waals surface area contributed by atoms with Crippen LogP contribution in [0.4, 0.5) is 4.79 Å². The molecular formula is C17H23N5O. The molecule has 1 unspecified atom stereocenters. The maximum Gasteiger partial charge on any atom is 0.317 e. The van der Waals surface area contributed by atoms with E-state index in [2.05, 4.69) is 27.1 Å². The van der Waals surface area contributed by atoms with Gasteiger partial charge in [0.25, 0.3) is 0 Å². The number of hydrogen-bond acceptors (Lipinski definition) is 3. The molecule has 1 fully saturated rings. The Hall–Kier alpha value is -2.34. The van der Waals surface area contributed by atoms with Gasteiger partial charge in [0.1, 0.15) is 5.82 Å². The molecule has 0 spiro atoms. The first kappa shape index (κ1) is 15.6. The third-order valence-corrected chi connectivity index (χ3v) is 4.31. The fraction of sp³-hybridized carbons (Fsp3) is 0.412. The molecule has 0 aliphatic carbocycles. The summed E-state index contributed by atoms with van der Waals surface area (Å²) in [6.45, 7) is 5.90. The van der Waals surface area contributed by atoms with Crippen molar-refractivity contribution in [3.63, 3.8) is 0 Å². The van der Waals surface area contributed by atoms with E-state index in [1.807, 2.05) is 41.4 Å². The number of urea groups is 1. The Bertz CT molecular complexity index is 613. The average molecular weight is 313 g/mol. The number of aromatic amines is 1. The molecule has 1 aliphatic heterocycles. The normalized spacial score (nSPS) is 18.8. The van der Waals surface area contributed by atoms with Gasteiger partial charge < -0.3 is 15.2 Å². The van der Waals surface area contributed by atoms with E-state index in [4.69, 9.17) is 0 Å². The van der Waals surface area contributed by atoms with Crippen molar-refractivity contribution in [1.29, 1.82) is 0 Å². The Morgan fingerprint density at radius 3 is 2.87 bits per heavy atom. The van der Waals surface area contributed by atoms with Gasteiger partial charge in [0.05, 0.1) is 6.04 Å². The smallest absolute Gasteiger partial charge is 0.317 e. The quantitative estimate of drug-likeness (QED) is 0.907. The molecule has 6 nitrogen and oxygen atoms in total. The minimum Gasteiger partial charge on any atom is -0.347 e. The van der Waals surface area contributed by atoms with Crippen molar-refractivity contribution >= 4 is 6.03 Å². The largest absolute Gasteiger partial charge is 0.347 e. The number of rotatable bonds is 4. The van der Waals surface area contributed by atoms with E-state index in [1.54, 1.807) is 6.20 Å². The maximum absolute atomic E-state index is 12.4. The summed E-state index contributed by atoms with van der Waals surface area (Å²) in [6, 6.07) is 10.1. The molecule has 6 heteroatoms. The number of imidazole rings is 1. The van der Waals surface area contributed by atoms with Crippen molar-refractivity contribution in [3.05, 3.63) is 54.1 Å². The van der Waals surface area contributed by atoms with Crippen molar-refractivity contribution in [2.45, 2.75) is 19.5 Å². The summed E-state index contributed by atoms with van der Waals surface area (Å²) in [5.41, 5.74) is 1.11. The Morgan fingerprint density at radius 1 is 1.35 bits per heavy atom. The first-order valence-electron chi connectivity index (χ1n) is 8.08. The van der Waals surface area contributed by atoms with Crippen LogP contribution in [0.15, 0.2) is 42.7 Å². The molecule has 122 valence electrons. The van der Waals surface area contributed by atoms with Crippen LogP contribution < -0.4 is 5.32 Å². The Kier molecular flexibility index (Phi) is 4.92. The molecule has 2 heterocycles. The topological polar surface area (TPSA) is 64.3 Å². The van der Waals surface area contributed by atoms with Gasteiger partial charge in [-0.25, -0.2) is 9.78 Å². The standard InChI is InChI=1S/C17H23N5O/c1-2-21-10-11-22(13-15(21)16-18-8-9-19-16)17(23)20-12-14-6-4-3-5-7-14/h3-9,15H,2,10-13H2,1H3,(H,18,19)(H,20,23). The van der Waals surface area contributed by atoms with Crippen molar-refractivity contribution in [2.75, 3.05) is 26.2 Å². The second-order valence-corrected chi connectivity index (χ2v) is 5.71. The van der Waals surface area contributed by atoms with E-state index in [9.17, 15) is 4.79 Å². The van der Waals surface area contributed by atoms with Crippen LogP contribution in [0.3, 0.4) is 0 Å². The molecule has 1 aromatic heterocycles. The van der Waals surface area contributed by atoms with Crippen LogP contribution in [0.5, 0.6) is 0 Å². The summed E-state index contributed by atoms with van der Waals surface area (Å²) in [6.07, 6.45) is 3.59. The predicted molar refractivity (Wildman–Crippen MR) is 88.8 cm³/mol. The minimum absolute atomic E-state index is 0.0128. The average Bonchev–Trinajstić information content (AvgIpc) is 3.14. The minimum atomic E-state index is -0.0128. The van der Waals surface area contributed by atoms with Crippen LogP contribution in [-0.2, 0) is 6.54 Å². The van der Waals surface area contributed by atoms with Gasteiger partial charge >= 0.3 is 6.03 Å². The summed E-state index contributed by atoms with van der Waals surface area (Å²) >= 11 is 0. The predicted octanol–water partition coefficient (Wildman–Crippen LogP) is 2.00. The number of carbonyl (C=O) groups is 1. The van der Waals surface area contributed by atoms with Gasteiger partial charge in [0, 0.05) is 38.6 Å². The van der Waals surface area contributed by atoms with Gasteiger partial charge in [-0.05, 0) is 12.1 Å². The summed E-state index contributed by atoms with van der Waals surface area (Å²) in [5.74, 6) is 0.924. The number of piperazine rings is 1. The second-order valence-electron chi connectivity index (χ2n) is 5.71. The van der Waals surface area contributed by atoms with E-state index in [-0.39, 0.29) is 12.1 Å². The molecule has 2 amide bonds. The van der Waals surface area contributed by atoms with Crippen LogP contribution in [-0.4, -0.2) is 52.0 Å². The zero-order chi connectivity index (χ0) is 16.1. The molecule has 2 aromatic rings. The van der Waals surface area contributed by atoms with Crippen LogP contribution in [0.2, 0.25) is 0 Å². The number of H-pyrrole nitrogens is 1. The summed E-state index contributed by atoms with van der Waals surface area (Å²) in [5, 5.41) is 3.01. The van der Waals surface area contributed by atoms with Crippen molar-refractivity contribution in [3.8, 4) is 0 Å². The summed E-state index contributed by atoms with van der Waals surface area (Å²) < 4.78 is 0. The molecular weight excluding hydrogens is 290 g/mol. The zero-order valence-corrected chi connectivity index (χ0v) is 13.4. The fourth-order valence-electron chi connectivity index (χ4n) is 2.99. The summed E-state index contributed by atoms with van der Waals surface area (Å²) in [4.78, 5) is 24.2. The Labute approximate surface area is 136 Å². The molecule has 0 radical (unpaired) electrons. The molecule has 0 saturated carbocycles. The van der Waals surface area contributed by atoms with Crippen molar-refractivity contribution in [2.24, 2.45) is 0 Å². The monoisotopic (exact) mass is 313 g/mol. The van der Waals surface area contributed by atoms with Crippen molar-refractivity contribution < 1.29 is 4.79 Å². The van der Waals surface area contributed by atoms with Gasteiger partial charge in [0.2, 0.25) is 0 Å². The van der Waals surface area contributed by atoms with E-state index < -0.39 is 0 Å². The van der Waals surface area contributed by atoms with E-state index in [0.717, 1.165) is 31.0 Å². The van der Waals surface area contributed by atoms with Gasteiger partial charge in [-0.15, -0.1) is 0 Å². The fourth-order valence-corrected chi connectivity index (χ4v) is 2.99. The van der Waals surface area contributed by atoms with Crippen LogP contribution in [0.1, 0.15) is 24.4 Å². The number of likely N-dealkylation sites (N-methyl/N-ethyl adjacent to an activating group) is 1. The third-order valence-electron chi connectivity index (χ3n) is 4.31. The highest BCUT2D eigenvalue weighted by molar-refractivity contribution is 5.74. The highest BCUT2D eigenvalue weighted by Gasteiger charge is 2.31. The number of carbonyl (C=O) groups excluding carboxylic acids is 1. The lowest BCUT2D eigenvalue weighted by atomic mass is 10.1. The van der Waals surface area contributed by atoms with Gasteiger partial charge in [-0.2, -0.15) is 0 Å². The number of nitrogens with one attached hydrogen (secondary N) is 2. The number of nitrogens with zero attached hydrogens (tertiary/aromatic N) is 3. The molecule has 1 aliphatic rings. The lowest BCUT2D eigenvalue weighted by Crippen LogP contribution is -2.53. The van der Waals surface area contributed by atoms with E-state index >= 15 is 0 Å². The van der Waals surface area contributed by atoms with Gasteiger partial charge in [0.15, 0.2) is 0 Å². The number of amides is 2. The first-order chi connectivity index (χ1) is 11.3. The second kappa shape index (κ2) is 7.28. The highest BCUT2D eigenvalue weighted by atomic mass is 16.2. The number of hydrogen-bond donors (Lipinski definition) is 2.